The van der Waals surface area contributed by atoms with E-state index < -0.39 is 5.60 Å². The number of amides is 1. The predicted octanol–water partition coefficient (Wildman–Crippen LogP) is 1.86. The summed E-state index contributed by atoms with van der Waals surface area (Å²) in [7, 11) is 1.52. The summed E-state index contributed by atoms with van der Waals surface area (Å²) in [6.07, 6.45) is 6.40. The van der Waals surface area contributed by atoms with Gasteiger partial charge in [0, 0.05) is 25.2 Å². The number of carbonyl (C=O) groups is 1. The van der Waals surface area contributed by atoms with E-state index in [4.69, 9.17) is 4.74 Å². The average Bonchev–Trinajstić information content (AvgIpc) is 2.53. The first-order valence-corrected chi connectivity index (χ1v) is 7.65. The summed E-state index contributed by atoms with van der Waals surface area (Å²) in [6, 6.07) is 3.49. The molecular formula is C16H22N2O3. The number of carbonyl (C=O) groups excluding carboxylic acids is 1. The van der Waals surface area contributed by atoms with Crippen LogP contribution in [0.4, 0.5) is 0 Å². The largest absolute Gasteiger partial charge is 0.480 e. The molecule has 1 saturated carbocycles. The molecule has 1 amide bonds. The van der Waals surface area contributed by atoms with Gasteiger partial charge in [0.05, 0.1) is 12.7 Å². The van der Waals surface area contributed by atoms with E-state index in [1.807, 2.05) is 4.90 Å². The van der Waals surface area contributed by atoms with Gasteiger partial charge >= 0.3 is 0 Å². The van der Waals surface area contributed by atoms with Gasteiger partial charge in [-0.25, -0.2) is 4.98 Å². The molecule has 2 fully saturated rings. The molecule has 1 N–H and O–H groups in total. The van der Waals surface area contributed by atoms with Crippen molar-refractivity contribution >= 4 is 5.91 Å². The summed E-state index contributed by atoms with van der Waals surface area (Å²) in [5.41, 5.74) is -0.0603. The highest BCUT2D eigenvalue weighted by Crippen LogP contribution is 2.40. The van der Waals surface area contributed by atoms with Gasteiger partial charge in [0.25, 0.3) is 5.91 Å². The third-order valence-electron chi connectivity index (χ3n) is 4.91. The van der Waals surface area contributed by atoms with Crippen LogP contribution in [0.5, 0.6) is 5.88 Å². The Balaban J connectivity index is 1.77. The second-order valence-corrected chi connectivity index (χ2v) is 6.11. The van der Waals surface area contributed by atoms with Crippen molar-refractivity contribution in [1.82, 2.24) is 9.88 Å². The number of hydrogen-bond acceptors (Lipinski definition) is 4. The van der Waals surface area contributed by atoms with Gasteiger partial charge in [-0.2, -0.15) is 0 Å². The summed E-state index contributed by atoms with van der Waals surface area (Å²) in [5.74, 6) is 0.520. The molecule has 1 aromatic rings. The second kappa shape index (κ2) is 5.64. The van der Waals surface area contributed by atoms with Gasteiger partial charge in [0.1, 0.15) is 5.56 Å². The highest BCUT2D eigenvalue weighted by atomic mass is 16.5. The lowest BCUT2D eigenvalue weighted by Gasteiger charge is -2.47. The number of aliphatic hydroxyl groups is 1. The number of piperidine rings is 1. The number of aromatic nitrogens is 1. The quantitative estimate of drug-likeness (QED) is 0.903. The smallest absolute Gasteiger partial charge is 0.259 e. The van der Waals surface area contributed by atoms with Crippen LogP contribution in [-0.4, -0.2) is 46.7 Å². The fourth-order valence-electron chi connectivity index (χ4n) is 3.64. The molecule has 1 aromatic heterocycles. The van der Waals surface area contributed by atoms with Crippen molar-refractivity contribution in [3.8, 4) is 5.88 Å². The maximum Gasteiger partial charge on any atom is 0.259 e. The zero-order valence-corrected chi connectivity index (χ0v) is 12.4. The molecule has 1 aliphatic heterocycles. The van der Waals surface area contributed by atoms with E-state index >= 15 is 0 Å². The Morgan fingerprint density at radius 3 is 3.14 bits per heavy atom. The van der Waals surface area contributed by atoms with Crippen LogP contribution < -0.4 is 4.74 Å². The normalized spacial score (nSPS) is 28.9. The molecule has 5 heteroatoms. The van der Waals surface area contributed by atoms with Crippen molar-refractivity contribution < 1.29 is 14.6 Å². The highest BCUT2D eigenvalue weighted by Gasteiger charge is 2.44. The number of nitrogens with zero attached hydrogens (tertiary/aromatic N) is 2. The van der Waals surface area contributed by atoms with E-state index in [-0.39, 0.29) is 11.8 Å². The molecule has 1 aliphatic carbocycles. The van der Waals surface area contributed by atoms with Crippen LogP contribution >= 0.6 is 0 Å². The number of hydrogen-bond donors (Lipinski definition) is 1. The minimum Gasteiger partial charge on any atom is -0.480 e. The number of likely N-dealkylation sites (tertiary alicyclic amines) is 1. The first-order valence-electron chi connectivity index (χ1n) is 7.65. The topological polar surface area (TPSA) is 62.7 Å². The van der Waals surface area contributed by atoms with Gasteiger partial charge in [-0.3, -0.25) is 4.79 Å². The van der Waals surface area contributed by atoms with E-state index in [0.717, 1.165) is 25.7 Å². The van der Waals surface area contributed by atoms with Crippen LogP contribution in [-0.2, 0) is 0 Å². The molecule has 0 aromatic carbocycles. The number of methoxy groups -OCH3 is 1. The molecule has 5 nitrogen and oxygen atoms in total. The van der Waals surface area contributed by atoms with Gasteiger partial charge in [-0.15, -0.1) is 0 Å². The molecule has 0 spiro atoms. The maximum absolute atomic E-state index is 12.7. The van der Waals surface area contributed by atoms with Crippen LogP contribution in [0, 0.1) is 5.92 Å². The van der Waals surface area contributed by atoms with Crippen molar-refractivity contribution in [2.24, 2.45) is 5.92 Å². The average molecular weight is 290 g/mol. The Morgan fingerprint density at radius 2 is 2.33 bits per heavy atom. The Labute approximate surface area is 124 Å². The molecule has 2 unspecified atom stereocenters. The molecule has 3 rings (SSSR count). The maximum atomic E-state index is 12.7. The summed E-state index contributed by atoms with van der Waals surface area (Å²) >= 11 is 0. The summed E-state index contributed by atoms with van der Waals surface area (Å²) < 4.78 is 5.18. The van der Waals surface area contributed by atoms with Gasteiger partial charge in [0.2, 0.25) is 5.88 Å². The summed E-state index contributed by atoms with van der Waals surface area (Å²) in [6.45, 7) is 1.23. The lowest BCUT2D eigenvalue weighted by atomic mass is 9.71. The van der Waals surface area contributed by atoms with E-state index in [1.165, 1.54) is 7.11 Å². The van der Waals surface area contributed by atoms with E-state index in [0.29, 0.717) is 31.0 Å². The molecule has 2 atom stereocenters. The molecular weight excluding hydrogens is 268 g/mol. The molecule has 21 heavy (non-hydrogen) atoms. The van der Waals surface area contributed by atoms with Gasteiger partial charge in [-0.05, 0) is 31.4 Å². The minimum atomic E-state index is -0.561. The summed E-state index contributed by atoms with van der Waals surface area (Å²) in [5, 5.41) is 10.7. The third kappa shape index (κ3) is 2.62. The van der Waals surface area contributed by atoms with E-state index in [2.05, 4.69) is 4.98 Å². The molecule has 1 saturated heterocycles. The fourth-order valence-corrected chi connectivity index (χ4v) is 3.64. The number of ether oxygens (including phenoxy) is 1. The van der Waals surface area contributed by atoms with Crippen LogP contribution in [0.2, 0.25) is 0 Å². The van der Waals surface area contributed by atoms with Crippen molar-refractivity contribution in [3.05, 3.63) is 23.9 Å². The van der Waals surface area contributed by atoms with Crippen molar-refractivity contribution in [2.45, 2.75) is 37.7 Å². The van der Waals surface area contributed by atoms with Gasteiger partial charge in [-0.1, -0.05) is 12.8 Å². The summed E-state index contributed by atoms with van der Waals surface area (Å²) in [4.78, 5) is 18.6. The third-order valence-corrected chi connectivity index (χ3v) is 4.91. The molecule has 2 aliphatic rings. The minimum absolute atomic E-state index is 0.0485. The van der Waals surface area contributed by atoms with Crippen LogP contribution in [0.1, 0.15) is 42.5 Å². The fraction of sp³-hybridized carbons (Fsp3) is 0.625. The Morgan fingerprint density at radius 1 is 1.48 bits per heavy atom. The standard InChI is InChI=1S/C16H22N2O3/c1-21-14-13(6-4-9-17-14)15(19)18-10-8-16(20)7-3-2-5-12(16)11-18/h4,6,9,12,20H,2-3,5,7-8,10-11H2,1H3. The molecule has 0 bridgehead atoms. The Kier molecular flexibility index (Phi) is 3.85. The first kappa shape index (κ1) is 14.3. The monoisotopic (exact) mass is 290 g/mol. The predicted molar refractivity (Wildman–Crippen MR) is 78.2 cm³/mol. The second-order valence-electron chi connectivity index (χ2n) is 6.11. The zero-order chi connectivity index (χ0) is 14.9. The molecule has 2 heterocycles. The first-order chi connectivity index (χ1) is 10.1. The SMILES string of the molecule is COc1ncccc1C(=O)N1CCC2(O)CCCCC2C1. The lowest BCUT2D eigenvalue weighted by molar-refractivity contribution is -0.0886. The molecule has 0 radical (unpaired) electrons. The Hall–Kier alpha value is -1.62. The number of pyridine rings is 1. The van der Waals surface area contributed by atoms with Gasteiger partial charge < -0.3 is 14.7 Å². The van der Waals surface area contributed by atoms with E-state index in [9.17, 15) is 9.90 Å². The van der Waals surface area contributed by atoms with Crippen molar-refractivity contribution in [1.29, 1.82) is 0 Å². The van der Waals surface area contributed by atoms with Crippen LogP contribution in [0.3, 0.4) is 0 Å². The molecule has 114 valence electrons. The van der Waals surface area contributed by atoms with Crippen LogP contribution in [0.15, 0.2) is 18.3 Å². The van der Waals surface area contributed by atoms with Gasteiger partial charge in [0.15, 0.2) is 0 Å². The van der Waals surface area contributed by atoms with E-state index in [1.54, 1.807) is 18.3 Å². The van der Waals surface area contributed by atoms with Crippen molar-refractivity contribution in [3.63, 3.8) is 0 Å². The lowest BCUT2D eigenvalue weighted by Crippen LogP contribution is -2.54. The number of rotatable bonds is 2. The van der Waals surface area contributed by atoms with Crippen molar-refractivity contribution in [2.75, 3.05) is 20.2 Å². The zero-order valence-electron chi connectivity index (χ0n) is 12.4. The van der Waals surface area contributed by atoms with Crippen LogP contribution in [0.25, 0.3) is 0 Å². The number of fused-ring (bicyclic) bond motifs is 1. The Bertz CT molecular complexity index is 534. The highest BCUT2D eigenvalue weighted by molar-refractivity contribution is 5.96.